The third-order valence-corrected chi connectivity index (χ3v) is 3.24. The van der Waals surface area contributed by atoms with Gasteiger partial charge in [0, 0.05) is 17.3 Å². The van der Waals surface area contributed by atoms with Crippen molar-refractivity contribution in [2.45, 2.75) is 13.8 Å². The first-order chi connectivity index (χ1) is 9.38. The zero-order chi connectivity index (χ0) is 14.9. The van der Waals surface area contributed by atoms with E-state index in [0.717, 1.165) is 23.3 Å². The molecule has 0 amide bonds. The van der Waals surface area contributed by atoms with Crippen molar-refractivity contribution in [3.63, 3.8) is 0 Å². The van der Waals surface area contributed by atoms with Crippen LogP contribution in [0.4, 0.5) is 20.2 Å². The van der Waals surface area contributed by atoms with Gasteiger partial charge in [-0.05, 0) is 49.2 Å². The average molecular weight is 292 g/mol. The van der Waals surface area contributed by atoms with E-state index in [-0.39, 0.29) is 11.3 Å². The standard InChI is InChI=1S/C15H14F2N2S/c1-8-5-10(3-4-11(8)15(18)20)19-14-7-12(16)9(2)6-13(14)17/h3-7,19H,1-2H3,(H2,18,20). The van der Waals surface area contributed by atoms with Crippen LogP contribution < -0.4 is 11.1 Å². The van der Waals surface area contributed by atoms with Crippen LogP contribution >= 0.6 is 12.2 Å². The lowest BCUT2D eigenvalue weighted by Gasteiger charge is -2.11. The van der Waals surface area contributed by atoms with Crippen LogP contribution in [0.5, 0.6) is 0 Å². The predicted octanol–water partition coefficient (Wildman–Crippen LogP) is 3.96. The number of nitrogens with two attached hydrogens (primary N) is 1. The minimum absolute atomic E-state index is 0.0931. The van der Waals surface area contributed by atoms with Gasteiger partial charge in [-0.3, -0.25) is 0 Å². The number of anilines is 2. The Balaban J connectivity index is 2.33. The summed E-state index contributed by atoms with van der Waals surface area (Å²) in [6, 6.07) is 7.56. The van der Waals surface area contributed by atoms with Crippen molar-refractivity contribution in [2.75, 3.05) is 5.32 Å². The summed E-state index contributed by atoms with van der Waals surface area (Å²) in [5.74, 6) is -0.953. The first kappa shape index (κ1) is 14.4. The molecule has 0 heterocycles. The maximum Gasteiger partial charge on any atom is 0.147 e. The fraction of sp³-hybridized carbons (Fsp3) is 0.133. The van der Waals surface area contributed by atoms with E-state index in [2.05, 4.69) is 5.32 Å². The first-order valence-electron chi connectivity index (χ1n) is 6.01. The van der Waals surface area contributed by atoms with Gasteiger partial charge in [0.05, 0.1) is 5.69 Å². The molecular weight excluding hydrogens is 278 g/mol. The zero-order valence-electron chi connectivity index (χ0n) is 11.1. The van der Waals surface area contributed by atoms with Crippen LogP contribution in [0.25, 0.3) is 0 Å². The largest absolute Gasteiger partial charge is 0.389 e. The molecule has 0 radical (unpaired) electrons. The monoisotopic (exact) mass is 292 g/mol. The molecule has 2 aromatic carbocycles. The normalized spacial score (nSPS) is 10.4. The minimum Gasteiger partial charge on any atom is -0.389 e. The number of thiocarbonyl (C=S) groups is 1. The molecule has 2 nitrogen and oxygen atoms in total. The third kappa shape index (κ3) is 2.93. The zero-order valence-corrected chi connectivity index (χ0v) is 11.9. The van der Waals surface area contributed by atoms with Gasteiger partial charge >= 0.3 is 0 Å². The van der Waals surface area contributed by atoms with Crippen molar-refractivity contribution in [1.82, 2.24) is 0 Å². The smallest absolute Gasteiger partial charge is 0.147 e. The van der Waals surface area contributed by atoms with Gasteiger partial charge in [0.25, 0.3) is 0 Å². The number of nitrogens with one attached hydrogen (secondary N) is 1. The lowest BCUT2D eigenvalue weighted by molar-refractivity contribution is 0.595. The molecule has 2 rings (SSSR count). The molecule has 0 aliphatic heterocycles. The van der Waals surface area contributed by atoms with Crippen molar-refractivity contribution in [2.24, 2.45) is 5.73 Å². The summed E-state index contributed by atoms with van der Waals surface area (Å²) in [6.45, 7) is 3.37. The SMILES string of the molecule is Cc1cc(F)c(Nc2ccc(C(N)=S)c(C)c2)cc1F. The highest BCUT2D eigenvalue weighted by atomic mass is 32.1. The molecular formula is C15H14F2N2S. The predicted molar refractivity (Wildman–Crippen MR) is 81.4 cm³/mol. The maximum absolute atomic E-state index is 13.8. The Bertz CT molecular complexity index is 684. The molecule has 0 aliphatic rings. The van der Waals surface area contributed by atoms with E-state index in [0.29, 0.717) is 10.7 Å². The summed E-state index contributed by atoms with van der Waals surface area (Å²) in [5.41, 5.74) is 8.22. The highest BCUT2D eigenvalue weighted by Crippen LogP contribution is 2.24. The van der Waals surface area contributed by atoms with Crippen LogP contribution in [0.3, 0.4) is 0 Å². The highest BCUT2D eigenvalue weighted by Gasteiger charge is 2.08. The molecule has 0 aromatic heterocycles. The second-order valence-electron chi connectivity index (χ2n) is 4.60. The molecule has 104 valence electrons. The molecule has 20 heavy (non-hydrogen) atoms. The Morgan fingerprint density at radius 2 is 1.75 bits per heavy atom. The molecule has 3 N–H and O–H groups in total. The number of halogens is 2. The van der Waals surface area contributed by atoms with Gasteiger partial charge in [-0.1, -0.05) is 12.2 Å². The Labute approximate surface area is 121 Å². The van der Waals surface area contributed by atoms with Crippen molar-refractivity contribution >= 4 is 28.6 Å². The summed E-state index contributed by atoms with van der Waals surface area (Å²) < 4.78 is 27.2. The second-order valence-corrected chi connectivity index (χ2v) is 5.04. The van der Waals surface area contributed by atoms with Gasteiger partial charge in [0.2, 0.25) is 0 Å². The van der Waals surface area contributed by atoms with Gasteiger partial charge in [-0.15, -0.1) is 0 Å². The van der Waals surface area contributed by atoms with E-state index in [4.69, 9.17) is 18.0 Å². The van der Waals surface area contributed by atoms with Gasteiger partial charge in [-0.25, -0.2) is 8.78 Å². The molecule has 0 saturated carbocycles. The van der Waals surface area contributed by atoms with Crippen molar-refractivity contribution in [3.05, 3.63) is 58.7 Å². The number of aryl methyl sites for hydroxylation is 2. The van der Waals surface area contributed by atoms with E-state index in [1.165, 1.54) is 6.92 Å². The summed E-state index contributed by atoms with van der Waals surface area (Å²) in [6.07, 6.45) is 0. The summed E-state index contributed by atoms with van der Waals surface area (Å²) in [5, 5.41) is 2.85. The Morgan fingerprint density at radius 3 is 2.35 bits per heavy atom. The van der Waals surface area contributed by atoms with E-state index in [1.807, 2.05) is 6.92 Å². The lowest BCUT2D eigenvalue weighted by Crippen LogP contribution is -2.11. The molecule has 0 atom stereocenters. The second kappa shape index (κ2) is 5.54. The van der Waals surface area contributed by atoms with Gasteiger partial charge < -0.3 is 11.1 Å². The Kier molecular flexibility index (Phi) is 3.99. The average Bonchev–Trinajstić information content (AvgIpc) is 2.35. The Hall–Kier alpha value is -2.01. The minimum atomic E-state index is -0.500. The molecule has 2 aromatic rings. The van der Waals surface area contributed by atoms with E-state index in [9.17, 15) is 8.78 Å². The number of hydrogen-bond acceptors (Lipinski definition) is 2. The summed E-state index contributed by atoms with van der Waals surface area (Å²) in [4.78, 5) is 0.307. The number of benzene rings is 2. The molecule has 0 unspecified atom stereocenters. The number of rotatable bonds is 3. The van der Waals surface area contributed by atoms with E-state index in [1.54, 1.807) is 18.2 Å². The van der Waals surface area contributed by atoms with Crippen LogP contribution in [-0.4, -0.2) is 4.99 Å². The third-order valence-electron chi connectivity index (χ3n) is 3.02. The van der Waals surface area contributed by atoms with E-state index < -0.39 is 11.6 Å². The first-order valence-corrected chi connectivity index (χ1v) is 6.42. The van der Waals surface area contributed by atoms with Gasteiger partial charge in [0.15, 0.2) is 0 Å². The van der Waals surface area contributed by atoms with Crippen LogP contribution in [0.15, 0.2) is 30.3 Å². The molecule has 0 saturated heterocycles. The molecule has 0 aliphatic carbocycles. The lowest BCUT2D eigenvalue weighted by atomic mass is 10.1. The fourth-order valence-electron chi connectivity index (χ4n) is 1.92. The van der Waals surface area contributed by atoms with Gasteiger partial charge in [0.1, 0.15) is 16.6 Å². The van der Waals surface area contributed by atoms with Crippen LogP contribution in [0, 0.1) is 25.5 Å². The summed E-state index contributed by atoms with van der Waals surface area (Å²) >= 11 is 4.92. The maximum atomic E-state index is 13.8. The fourth-order valence-corrected chi connectivity index (χ4v) is 2.14. The quantitative estimate of drug-likeness (QED) is 0.841. The Morgan fingerprint density at radius 1 is 1.05 bits per heavy atom. The molecule has 0 spiro atoms. The topological polar surface area (TPSA) is 38.0 Å². The van der Waals surface area contributed by atoms with Gasteiger partial charge in [-0.2, -0.15) is 0 Å². The molecule has 0 fully saturated rings. The molecule has 5 heteroatoms. The summed E-state index contributed by atoms with van der Waals surface area (Å²) in [7, 11) is 0. The van der Waals surface area contributed by atoms with Crippen LogP contribution in [0.2, 0.25) is 0 Å². The van der Waals surface area contributed by atoms with Crippen molar-refractivity contribution in [3.8, 4) is 0 Å². The van der Waals surface area contributed by atoms with Crippen molar-refractivity contribution in [1.29, 1.82) is 0 Å². The highest BCUT2D eigenvalue weighted by molar-refractivity contribution is 7.80. The van der Waals surface area contributed by atoms with Crippen LogP contribution in [-0.2, 0) is 0 Å². The van der Waals surface area contributed by atoms with Crippen LogP contribution in [0.1, 0.15) is 16.7 Å². The number of hydrogen-bond donors (Lipinski definition) is 2. The molecule has 0 bridgehead atoms. The van der Waals surface area contributed by atoms with Crippen molar-refractivity contribution < 1.29 is 8.78 Å². The van der Waals surface area contributed by atoms with E-state index >= 15 is 0 Å².